The van der Waals surface area contributed by atoms with Crippen molar-refractivity contribution in [1.29, 1.82) is 0 Å². The van der Waals surface area contributed by atoms with Crippen LogP contribution >= 0.6 is 0 Å². The van der Waals surface area contributed by atoms with Crippen molar-refractivity contribution < 1.29 is 18.7 Å². The van der Waals surface area contributed by atoms with Crippen LogP contribution in [0.5, 0.6) is 11.5 Å². The minimum Gasteiger partial charge on any atom is -0.497 e. The van der Waals surface area contributed by atoms with Gasteiger partial charge in [-0.25, -0.2) is 4.99 Å². The summed E-state index contributed by atoms with van der Waals surface area (Å²) >= 11 is 0. The van der Waals surface area contributed by atoms with E-state index in [1.165, 1.54) is 0 Å². The molecule has 32 heavy (non-hydrogen) atoms. The quantitative estimate of drug-likeness (QED) is 0.452. The maximum atomic E-state index is 13.2. The molecule has 0 aliphatic heterocycles. The van der Waals surface area contributed by atoms with Crippen molar-refractivity contribution in [2.45, 2.75) is 13.8 Å². The number of rotatable bonds is 5. The van der Waals surface area contributed by atoms with E-state index in [1.807, 2.05) is 50.2 Å². The minimum absolute atomic E-state index is 0.210. The Labute approximate surface area is 186 Å². The summed E-state index contributed by atoms with van der Waals surface area (Å²) in [6.07, 6.45) is 0. The van der Waals surface area contributed by atoms with E-state index in [9.17, 15) is 4.79 Å². The fraction of sp³-hybridized carbons (Fsp3) is 0.154. The molecule has 1 heterocycles. The minimum atomic E-state index is -0.326. The third-order valence-electron chi connectivity index (χ3n) is 5.14. The van der Waals surface area contributed by atoms with Crippen molar-refractivity contribution >= 4 is 28.3 Å². The number of hydrogen-bond donors (Lipinski definition) is 1. The second-order valence-electron chi connectivity index (χ2n) is 7.43. The van der Waals surface area contributed by atoms with Crippen molar-refractivity contribution in [3.8, 4) is 11.5 Å². The topological polar surface area (TPSA) is 73.1 Å². The Kier molecular flexibility index (Phi) is 5.94. The molecule has 0 bridgehead atoms. The lowest BCUT2D eigenvalue weighted by molar-refractivity contribution is 0.102. The fourth-order valence-corrected chi connectivity index (χ4v) is 3.35. The van der Waals surface area contributed by atoms with Crippen LogP contribution in [0.25, 0.3) is 11.0 Å². The number of anilines is 1. The van der Waals surface area contributed by atoms with Gasteiger partial charge in [0, 0.05) is 11.1 Å². The molecule has 6 heteroatoms. The van der Waals surface area contributed by atoms with Gasteiger partial charge in [0.05, 0.1) is 19.9 Å². The highest BCUT2D eigenvalue weighted by Gasteiger charge is 2.15. The molecule has 3 aromatic carbocycles. The number of nitrogens with zero attached hydrogens (tertiary/aromatic N) is 1. The van der Waals surface area contributed by atoms with Crippen LogP contribution < -0.4 is 20.3 Å². The average molecular weight is 428 g/mol. The van der Waals surface area contributed by atoms with Gasteiger partial charge in [-0.1, -0.05) is 24.3 Å². The first-order valence-electron chi connectivity index (χ1n) is 10.2. The molecule has 1 amide bonds. The third-order valence-corrected chi connectivity index (χ3v) is 5.14. The van der Waals surface area contributed by atoms with Gasteiger partial charge in [-0.05, 0) is 67.4 Å². The smallest absolute Gasteiger partial charge is 0.261 e. The van der Waals surface area contributed by atoms with Crippen LogP contribution in [0.15, 0.2) is 76.1 Å². The molecule has 4 rings (SSSR count). The standard InChI is InChI=1S/C26H24N2O4/c1-16-8-9-17(2)22(14-16)28-26-21(15-18-6-5-7-23(31-4)24(18)32-26)25(29)27-19-10-12-20(30-3)13-11-19/h5-15H,1-4H3,(H,27,29). The van der Waals surface area contributed by atoms with E-state index in [4.69, 9.17) is 18.9 Å². The summed E-state index contributed by atoms with van der Waals surface area (Å²) in [5, 5.41) is 3.65. The van der Waals surface area contributed by atoms with Crippen molar-refractivity contribution in [1.82, 2.24) is 0 Å². The summed E-state index contributed by atoms with van der Waals surface area (Å²) in [4.78, 5) is 17.9. The lowest BCUT2D eigenvalue weighted by atomic mass is 10.1. The number of amides is 1. The summed E-state index contributed by atoms with van der Waals surface area (Å²) in [5.41, 5.74) is 4.48. The molecule has 1 N–H and O–H groups in total. The van der Waals surface area contributed by atoms with Gasteiger partial charge in [0.2, 0.25) is 5.55 Å². The number of methoxy groups -OCH3 is 2. The Bertz CT molecular complexity index is 1350. The lowest BCUT2D eigenvalue weighted by Gasteiger charge is -2.10. The number of nitrogens with one attached hydrogen (secondary N) is 1. The van der Waals surface area contributed by atoms with Gasteiger partial charge in [-0.15, -0.1) is 0 Å². The number of para-hydroxylation sites is 1. The number of carbonyl (C=O) groups is 1. The van der Waals surface area contributed by atoms with Crippen LogP contribution in [-0.4, -0.2) is 20.1 Å². The normalized spacial score (nSPS) is 11.4. The monoisotopic (exact) mass is 428 g/mol. The Morgan fingerprint density at radius 1 is 0.938 bits per heavy atom. The zero-order chi connectivity index (χ0) is 22.7. The predicted octanol–water partition coefficient (Wildman–Crippen LogP) is 5.55. The zero-order valence-electron chi connectivity index (χ0n) is 18.4. The summed E-state index contributed by atoms with van der Waals surface area (Å²) < 4.78 is 16.8. The molecule has 4 aromatic rings. The van der Waals surface area contributed by atoms with Crippen LogP contribution in [0.3, 0.4) is 0 Å². The molecule has 0 radical (unpaired) electrons. The van der Waals surface area contributed by atoms with Crippen LogP contribution in [-0.2, 0) is 0 Å². The summed E-state index contributed by atoms with van der Waals surface area (Å²) in [7, 11) is 3.18. The number of carbonyl (C=O) groups excluding carboxylic acids is 1. The summed E-state index contributed by atoms with van der Waals surface area (Å²) in [6.45, 7) is 3.97. The molecule has 0 spiro atoms. The maximum absolute atomic E-state index is 13.2. The fourth-order valence-electron chi connectivity index (χ4n) is 3.35. The lowest BCUT2D eigenvalue weighted by Crippen LogP contribution is -2.21. The van der Waals surface area contributed by atoms with E-state index in [0.29, 0.717) is 28.3 Å². The molecule has 0 saturated heterocycles. The van der Waals surface area contributed by atoms with E-state index < -0.39 is 0 Å². The second kappa shape index (κ2) is 8.98. The zero-order valence-corrected chi connectivity index (χ0v) is 18.4. The van der Waals surface area contributed by atoms with Gasteiger partial charge >= 0.3 is 0 Å². The SMILES string of the molecule is COc1ccc(NC(=O)c2cc3cccc(OC)c3oc2=Nc2cc(C)ccc2C)cc1. The molecule has 162 valence electrons. The largest absolute Gasteiger partial charge is 0.497 e. The van der Waals surface area contributed by atoms with Crippen LogP contribution in [0.2, 0.25) is 0 Å². The highest BCUT2D eigenvalue weighted by Crippen LogP contribution is 2.26. The van der Waals surface area contributed by atoms with E-state index in [-0.39, 0.29) is 11.5 Å². The number of aryl methyl sites for hydroxylation is 2. The van der Waals surface area contributed by atoms with Crippen LogP contribution in [0, 0.1) is 13.8 Å². The van der Waals surface area contributed by atoms with Crippen molar-refractivity contribution in [2.24, 2.45) is 4.99 Å². The summed E-state index contributed by atoms with van der Waals surface area (Å²) in [6, 6.07) is 20.4. The van der Waals surface area contributed by atoms with Gasteiger partial charge < -0.3 is 19.2 Å². The van der Waals surface area contributed by atoms with E-state index in [0.717, 1.165) is 22.2 Å². The summed E-state index contributed by atoms with van der Waals surface area (Å²) in [5.74, 6) is 0.955. The first-order chi connectivity index (χ1) is 15.5. The van der Waals surface area contributed by atoms with E-state index >= 15 is 0 Å². The molecule has 0 unspecified atom stereocenters. The van der Waals surface area contributed by atoms with Gasteiger partial charge in [0.1, 0.15) is 11.3 Å². The van der Waals surface area contributed by atoms with Gasteiger partial charge in [0.15, 0.2) is 11.3 Å². The van der Waals surface area contributed by atoms with E-state index in [2.05, 4.69) is 5.32 Å². The van der Waals surface area contributed by atoms with Crippen LogP contribution in [0.4, 0.5) is 11.4 Å². The predicted molar refractivity (Wildman–Crippen MR) is 125 cm³/mol. The Balaban J connectivity index is 1.87. The molecule has 6 nitrogen and oxygen atoms in total. The first kappa shape index (κ1) is 21.2. The highest BCUT2D eigenvalue weighted by molar-refractivity contribution is 6.05. The molecular formula is C26H24N2O4. The third kappa shape index (κ3) is 4.34. The van der Waals surface area contributed by atoms with Crippen molar-refractivity contribution in [2.75, 3.05) is 19.5 Å². The van der Waals surface area contributed by atoms with Crippen molar-refractivity contribution in [3.05, 3.63) is 89.0 Å². The first-order valence-corrected chi connectivity index (χ1v) is 10.2. The Hall–Kier alpha value is -4.06. The molecule has 1 aromatic heterocycles. The number of ether oxygens (including phenoxy) is 2. The van der Waals surface area contributed by atoms with Crippen LogP contribution in [0.1, 0.15) is 21.5 Å². The average Bonchev–Trinajstić information content (AvgIpc) is 2.81. The molecule has 0 aliphatic carbocycles. The Morgan fingerprint density at radius 3 is 2.44 bits per heavy atom. The van der Waals surface area contributed by atoms with Gasteiger partial charge in [-0.3, -0.25) is 4.79 Å². The molecule has 0 atom stereocenters. The number of hydrogen-bond acceptors (Lipinski definition) is 5. The Morgan fingerprint density at radius 2 is 1.72 bits per heavy atom. The van der Waals surface area contributed by atoms with Gasteiger partial charge in [-0.2, -0.15) is 0 Å². The number of fused-ring (bicyclic) bond motifs is 1. The van der Waals surface area contributed by atoms with E-state index in [1.54, 1.807) is 44.6 Å². The second-order valence-corrected chi connectivity index (χ2v) is 7.43. The van der Waals surface area contributed by atoms with Gasteiger partial charge in [0.25, 0.3) is 5.91 Å². The molecule has 0 fully saturated rings. The molecular weight excluding hydrogens is 404 g/mol. The molecule has 0 saturated carbocycles. The molecule has 0 aliphatic rings. The van der Waals surface area contributed by atoms with Crippen molar-refractivity contribution in [3.63, 3.8) is 0 Å². The highest BCUT2D eigenvalue weighted by atomic mass is 16.5. The number of benzene rings is 3. The maximum Gasteiger partial charge on any atom is 0.261 e.